The third kappa shape index (κ3) is 7.10. The molecule has 120 valence electrons. The second-order valence-corrected chi connectivity index (χ2v) is 6.44. The molecule has 0 atom stereocenters. The predicted molar refractivity (Wildman–Crippen MR) is 81.8 cm³/mol. The number of ether oxygens (including phenoxy) is 1. The summed E-state index contributed by atoms with van der Waals surface area (Å²) in [6.45, 7) is 12.0. The fourth-order valence-corrected chi connectivity index (χ4v) is 1.81. The number of aliphatic hydroxyl groups excluding tert-OH is 1. The maximum Gasteiger partial charge on any atom is 0.410 e. The Kier molecular flexibility index (Phi) is 8.13. The molecular weight excluding hydrogens is 256 g/mol. The molecule has 5 nitrogen and oxygen atoms in total. The summed E-state index contributed by atoms with van der Waals surface area (Å²) >= 11 is 0. The van der Waals surface area contributed by atoms with Crippen molar-refractivity contribution in [1.82, 2.24) is 10.2 Å². The molecular formula is C15H32N2O3. The molecule has 0 aromatic heterocycles. The highest BCUT2D eigenvalue weighted by atomic mass is 16.6. The Hall–Kier alpha value is -0.810. The number of likely N-dealkylation sites (N-methyl/N-ethyl adjacent to an activating group) is 1. The Morgan fingerprint density at radius 3 is 2.20 bits per heavy atom. The van der Waals surface area contributed by atoms with Crippen LogP contribution in [-0.2, 0) is 4.74 Å². The van der Waals surface area contributed by atoms with Crippen molar-refractivity contribution in [3.63, 3.8) is 0 Å². The molecule has 0 unspecified atom stereocenters. The van der Waals surface area contributed by atoms with E-state index in [1.165, 1.54) is 0 Å². The van der Waals surface area contributed by atoms with E-state index in [1.54, 1.807) is 11.9 Å². The highest BCUT2D eigenvalue weighted by Gasteiger charge is 2.24. The van der Waals surface area contributed by atoms with Crippen molar-refractivity contribution in [2.24, 2.45) is 5.41 Å². The average Bonchev–Trinajstić information content (AvgIpc) is 2.37. The lowest BCUT2D eigenvalue weighted by molar-refractivity contribution is 0.0297. The van der Waals surface area contributed by atoms with Crippen molar-refractivity contribution in [2.45, 2.75) is 53.1 Å². The Morgan fingerprint density at radius 1 is 1.25 bits per heavy atom. The molecule has 0 spiro atoms. The van der Waals surface area contributed by atoms with Crippen molar-refractivity contribution in [2.75, 3.05) is 33.3 Å². The van der Waals surface area contributed by atoms with Gasteiger partial charge in [-0.05, 0) is 33.6 Å². The molecule has 2 N–H and O–H groups in total. The standard InChI is InChI=1S/C15H32N2O3/c1-7-15(8-2,12-18)11-16-9-10-17(6)13(19)20-14(3,4)5/h16,18H,7-12H2,1-6H3. The summed E-state index contributed by atoms with van der Waals surface area (Å²) in [4.78, 5) is 13.3. The highest BCUT2D eigenvalue weighted by molar-refractivity contribution is 5.67. The van der Waals surface area contributed by atoms with Crippen LogP contribution in [0.4, 0.5) is 4.79 Å². The Labute approximate surface area is 123 Å². The normalized spacial score (nSPS) is 12.3. The summed E-state index contributed by atoms with van der Waals surface area (Å²) in [5.74, 6) is 0. The van der Waals surface area contributed by atoms with Crippen molar-refractivity contribution in [1.29, 1.82) is 0 Å². The van der Waals surface area contributed by atoms with Gasteiger partial charge in [-0.3, -0.25) is 0 Å². The summed E-state index contributed by atoms with van der Waals surface area (Å²) in [5, 5.41) is 12.8. The molecule has 0 rings (SSSR count). The number of aliphatic hydroxyl groups is 1. The number of amides is 1. The van der Waals surface area contributed by atoms with Crippen LogP contribution in [-0.4, -0.2) is 55.0 Å². The number of carbonyl (C=O) groups is 1. The summed E-state index contributed by atoms with van der Waals surface area (Å²) in [6.07, 6.45) is 1.57. The zero-order valence-electron chi connectivity index (χ0n) is 14.0. The summed E-state index contributed by atoms with van der Waals surface area (Å²) in [5.41, 5.74) is -0.514. The van der Waals surface area contributed by atoms with Gasteiger partial charge in [0.2, 0.25) is 0 Å². The predicted octanol–water partition coefficient (Wildman–Crippen LogP) is 2.24. The molecule has 0 bridgehead atoms. The van der Waals surface area contributed by atoms with Gasteiger partial charge in [0.1, 0.15) is 5.60 Å². The SMILES string of the molecule is CCC(CC)(CO)CNCCN(C)C(=O)OC(C)(C)C. The molecule has 0 saturated heterocycles. The zero-order valence-corrected chi connectivity index (χ0v) is 14.0. The third-order valence-corrected chi connectivity index (χ3v) is 3.66. The summed E-state index contributed by atoms with van der Waals surface area (Å²) in [6, 6.07) is 0. The largest absolute Gasteiger partial charge is 0.444 e. The molecule has 1 amide bonds. The monoisotopic (exact) mass is 288 g/mol. The lowest BCUT2D eigenvalue weighted by Gasteiger charge is -2.30. The number of nitrogens with one attached hydrogen (secondary N) is 1. The van der Waals surface area contributed by atoms with E-state index < -0.39 is 5.60 Å². The lowest BCUT2D eigenvalue weighted by Crippen LogP contribution is -2.41. The van der Waals surface area contributed by atoms with Gasteiger partial charge in [-0.1, -0.05) is 13.8 Å². The van der Waals surface area contributed by atoms with Gasteiger partial charge >= 0.3 is 6.09 Å². The molecule has 0 fully saturated rings. The molecule has 0 aromatic carbocycles. The number of nitrogens with zero attached hydrogens (tertiary/aromatic N) is 1. The average molecular weight is 288 g/mol. The Bertz CT molecular complexity index is 275. The van der Waals surface area contributed by atoms with Crippen molar-refractivity contribution < 1.29 is 14.6 Å². The first-order valence-corrected chi connectivity index (χ1v) is 7.45. The minimum atomic E-state index is -0.463. The van der Waals surface area contributed by atoms with Crippen molar-refractivity contribution in [3.8, 4) is 0 Å². The van der Waals surface area contributed by atoms with Crippen LogP contribution < -0.4 is 5.32 Å². The first-order valence-electron chi connectivity index (χ1n) is 7.45. The fourth-order valence-electron chi connectivity index (χ4n) is 1.81. The summed E-state index contributed by atoms with van der Waals surface area (Å²) in [7, 11) is 1.73. The van der Waals surface area contributed by atoms with Crippen LogP contribution in [0.3, 0.4) is 0 Å². The van der Waals surface area contributed by atoms with Crippen molar-refractivity contribution in [3.05, 3.63) is 0 Å². The lowest BCUT2D eigenvalue weighted by atomic mass is 9.83. The molecule has 0 aromatic rings. The van der Waals surface area contributed by atoms with Gasteiger partial charge in [-0.25, -0.2) is 4.79 Å². The molecule has 0 aliphatic rings. The molecule has 5 heteroatoms. The molecule has 0 radical (unpaired) electrons. The first-order chi connectivity index (χ1) is 9.19. The quantitative estimate of drug-likeness (QED) is 0.672. The van der Waals surface area contributed by atoms with Crippen LogP contribution >= 0.6 is 0 Å². The van der Waals surface area contributed by atoms with Crippen LogP contribution in [0.1, 0.15) is 47.5 Å². The Morgan fingerprint density at radius 2 is 1.80 bits per heavy atom. The number of hydrogen-bond acceptors (Lipinski definition) is 4. The van der Waals surface area contributed by atoms with Gasteiger partial charge < -0.3 is 20.1 Å². The topological polar surface area (TPSA) is 61.8 Å². The van der Waals surface area contributed by atoms with E-state index in [0.29, 0.717) is 13.1 Å². The van der Waals surface area contributed by atoms with Crippen molar-refractivity contribution >= 4 is 6.09 Å². The highest BCUT2D eigenvalue weighted by Crippen LogP contribution is 2.24. The zero-order chi connectivity index (χ0) is 15.8. The van der Waals surface area contributed by atoms with Crippen LogP contribution in [0, 0.1) is 5.41 Å². The van der Waals surface area contributed by atoms with Crippen LogP contribution in [0.15, 0.2) is 0 Å². The van der Waals surface area contributed by atoms with Gasteiger partial charge in [-0.15, -0.1) is 0 Å². The smallest absolute Gasteiger partial charge is 0.410 e. The van der Waals surface area contributed by atoms with E-state index in [4.69, 9.17) is 4.74 Å². The molecule has 20 heavy (non-hydrogen) atoms. The minimum absolute atomic E-state index is 0.0511. The maximum atomic E-state index is 11.8. The molecule has 0 aliphatic heterocycles. The van der Waals surface area contributed by atoms with Crippen LogP contribution in [0.5, 0.6) is 0 Å². The van der Waals surface area contributed by atoms with E-state index in [0.717, 1.165) is 19.4 Å². The fraction of sp³-hybridized carbons (Fsp3) is 0.933. The van der Waals surface area contributed by atoms with E-state index in [2.05, 4.69) is 19.2 Å². The maximum absolute atomic E-state index is 11.8. The first kappa shape index (κ1) is 19.2. The molecule has 0 saturated carbocycles. The number of carbonyl (C=O) groups excluding carboxylic acids is 1. The second kappa shape index (κ2) is 8.47. The number of hydrogen-bond donors (Lipinski definition) is 2. The van der Waals surface area contributed by atoms with Gasteiger partial charge in [0.25, 0.3) is 0 Å². The van der Waals surface area contributed by atoms with Crippen LogP contribution in [0.25, 0.3) is 0 Å². The number of rotatable bonds is 8. The van der Waals surface area contributed by atoms with E-state index >= 15 is 0 Å². The second-order valence-electron chi connectivity index (χ2n) is 6.44. The van der Waals surface area contributed by atoms with E-state index in [9.17, 15) is 9.90 Å². The Balaban J connectivity index is 4.03. The van der Waals surface area contributed by atoms with Gasteiger partial charge in [-0.2, -0.15) is 0 Å². The minimum Gasteiger partial charge on any atom is -0.444 e. The summed E-state index contributed by atoms with van der Waals surface area (Å²) < 4.78 is 5.28. The molecule has 0 aliphatic carbocycles. The third-order valence-electron chi connectivity index (χ3n) is 3.66. The van der Waals surface area contributed by atoms with Gasteiger partial charge in [0.05, 0.1) is 0 Å². The van der Waals surface area contributed by atoms with E-state index in [1.807, 2.05) is 20.8 Å². The van der Waals surface area contributed by atoms with Gasteiger partial charge in [0.15, 0.2) is 0 Å². The van der Waals surface area contributed by atoms with Gasteiger partial charge in [0, 0.05) is 38.7 Å². The van der Waals surface area contributed by atoms with Crippen LogP contribution in [0.2, 0.25) is 0 Å². The molecule has 0 heterocycles. The van der Waals surface area contributed by atoms with E-state index in [-0.39, 0.29) is 18.1 Å².